The van der Waals surface area contributed by atoms with Gasteiger partial charge in [0.1, 0.15) is 5.75 Å². The fraction of sp³-hybridized carbons (Fsp3) is 0.562. The van der Waals surface area contributed by atoms with Gasteiger partial charge in [-0.3, -0.25) is 9.69 Å². The van der Waals surface area contributed by atoms with Gasteiger partial charge in [0.15, 0.2) is 0 Å². The van der Waals surface area contributed by atoms with Crippen molar-refractivity contribution in [1.29, 1.82) is 0 Å². The number of aliphatic hydroxyl groups is 1. The van der Waals surface area contributed by atoms with Gasteiger partial charge in [0, 0.05) is 17.8 Å². The lowest BCUT2D eigenvalue weighted by molar-refractivity contribution is -0.118. The average molecular weight is 292 g/mol. The maximum atomic E-state index is 12.2. The van der Waals surface area contributed by atoms with Crippen LogP contribution in [0.4, 0.5) is 5.69 Å². The number of carbonyl (C=O) groups is 1. The Morgan fingerprint density at radius 1 is 1.43 bits per heavy atom. The third-order valence-corrected chi connectivity index (χ3v) is 3.91. The van der Waals surface area contributed by atoms with E-state index in [9.17, 15) is 9.90 Å². The van der Waals surface area contributed by atoms with Crippen molar-refractivity contribution in [2.24, 2.45) is 0 Å². The summed E-state index contributed by atoms with van der Waals surface area (Å²) in [5, 5.41) is 12.4. The van der Waals surface area contributed by atoms with Crippen molar-refractivity contribution in [2.45, 2.75) is 31.7 Å². The average Bonchev–Trinajstić information content (AvgIpc) is 2.72. The highest BCUT2D eigenvalue weighted by atomic mass is 16.5. The summed E-state index contributed by atoms with van der Waals surface area (Å²) in [5.74, 6) is 0.666. The second-order valence-corrected chi connectivity index (χ2v) is 5.44. The van der Waals surface area contributed by atoms with Crippen LogP contribution in [0.15, 0.2) is 24.3 Å². The van der Waals surface area contributed by atoms with Crippen molar-refractivity contribution < 1.29 is 14.6 Å². The van der Waals surface area contributed by atoms with Crippen LogP contribution in [0.25, 0.3) is 0 Å². The predicted molar refractivity (Wildman–Crippen MR) is 82.5 cm³/mol. The molecule has 1 aromatic rings. The molecular weight excluding hydrogens is 268 g/mol. The zero-order chi connectivity index (χ0) is 15.1. The molecule has 1 saturated heterocycles. The van der Waals surface area contributed by atoms with E-state index in [1.807, 2.05) is 18.2 Å². The number of nitrogens with zero attached hydrogens (tertiary/aromatic N) is 1. The summed E-state index contributed by atoms with van der Waals surface area (Å²) in [7, 11) is 1.60. The third-order valence-electron chi connectivity index (χ3n) is 3.91. The molecule has 0 bridgehead atoms. The van der Waals surface area contributed by atoms with Crippen molar-refractivity contribution in [1.82, 2.24) is 4.90 Å². The molecule has 1 fully saturated rings. The van der Waals surface area contributed by atoms with Gasteiger partial charge in [0.2, 0.25) is 5.91 Å². The van der Waals surface area contributed by atoms with Crippen LogP contribution < -0.4 is 10.1 Å². The Kier molecular flexibility index (Phi) is 6.02. The lowest BCUT2D eigenvalue weighted by Gasteiger charge is -2.27. The smallest absolute Gasteiger partial charge is 0.238 e. The molecule has 21 heavy (non-hydrogen) atoms. The quantitative estimate of drug-likeness (QED) is 0.870. The minimum atomic E-state index is -0.0522. The van der Waals surface area contributed by atoms with Gasteiger partial charge in [0.25, 0.3) is 0 Å². The Morgan fingerprint density at radius 2 is 2.29 bits per heavy atom. The highest BCUT2D eigenvalue weighted by Crippen LogP contribution is 2.18. The second-order valence-electron chi connectivity index (χ2n) is 5.44. The van der Waals surface area contributed by atoms with E-state index in [1.54, 1.807) is 13.2 Å². The summed E-state index contributed by atoms with van der Waals surface area (Å²) >= 11 is 0. The predicted octanol–water partition coefficient (Wildman–Crippen LogP) is 1.87. The summed E-state index contributed by atoms with van der Waals surface area (Å²) in [6.07, 6.45) is 4.34. The van der Waals surface area contributed by atoms with Gasteiger partial charge >= 0.3 is 0 Å². The molecule has 2 N–H and O–H groups in total. The Hall–Kier alpha value is -1.59. The Morgan fingerprint density at radius 3 is 3.05 bits per heavy atom. The number of hydrogen-bond donors (Lipinski definition) is 2. The number of carbonyl (C=O) groups excluding carboxylic acids is 1. The largest absolute Gasteiger partial charge is 0.497 e. The number of rotatable bonds is 5. The first-order valence-corrected chi connectivity index (χ1v) is 7.51. The Labute approximate surface area is 125 Å². The van der Waals surface area contributed by atoms with E-state index in [1.165, 1.54) is 6.42 Å². The molecular formula is C16H24N2O3. The maximum absolute atomic E-state index is 12.2. The molecule has 5 nitrogen and oxygen atoms in total. The first-order valence-electron chi connectivity index (χ1n) is 7.51. The Balaban J connectivity index is 1.93. The lowest BCUT2D eigenvalue weighted by Crippen LogP contribution is -2.42. The number of aliphatic hydroxyl groups excluding tert-OH is 1. The van der Waals surface area contributed by atoms with Crippen LogP contribution in [0.5, 0.6) is 5.75 Å². The van der Waals surface area contributed by atoms with Crippen molar-refractivity contribution in [2.75, 3.05) is 32.1 Å². The molecule has 1 amide bonds. The van der Waals surface area contributed by atoms with E-state index < -0.39 is 0 Å². The number of amides is 1. The maximum Gasteiger partial charge on any atom is 0.238 e. The molecule has 1 heterocycles. The minimum Gasteiger partial charge on any atom is -0.497 e. The zero-order valence-electron chi connectivity index (χ0n) is 12.5. The number of likely N-dealkylation sites (tertiary alicyclic amines) is 1. The number of hydrogen-bond acceptors (Lipinski definition) is 4. The molecule has 5 heteroatoms. The Bertz CT molecular complexity index is 465. The summed E-state index contributed by atoms with van der Waals surface area (Å²) in [4.78, 5) is 14.3. The molecule has 0 spiro atoms. The van der Waals surface area contributed by atoms with Gasteiger partial charge < -0.3 is 15.2 Å². The van der Waals surface area contributed by atoms with Gasteiger partial charge in [0.05, 0.1) is 20.3 Å². The van der Waals surface area contributed by atoms with E-state index in [-0.39, 0.29) is 18.6 Å². The number of nitrogens with one attached hydrogen (secondary N) is 1. The van der Waals surface area contributed by atoms with E-state index >= 15 is 0 Å². The van der Waals surface area contributed by atoms with Crippen LogP contribution in [0.2, 0.25) is 0 Å². The fourth-order valence-electron chi connectivity index (χ4n) is 2.74. The SMILES string of the molecule is COc1cccc(NC(=O)CN2CCCCCC2CO)c1. The van der Waals surface area contributed by atoms with E-state index in [0.717, 1.165) is 37.2 Å². The molecule has 1 aliphatic rings. The topological polar surface area (TPSA) is 61.8 Å². The van der Waals surface area contributed by atoms with Gasteiger partial charge in [-0.15, -0.1) is 0 Å². The molecule has 1 aromatic carbocycles. The van der Waals surface area contributed by atoms with Gasteiger partial charge in [-0.05, 0) is 31.5 Å². The highest BCUT2D eigenvalue weighted by Gasteiger charge is 2.22. The molecule has 116 valence electrons. The second kappa shape index (κ2) is 8.00. The van der Waals surface area contributed by atoms with Crippen LogP contribution in [0.1, 0.15) is 25.7 Å². The number of anilines is 1. The zero-order valence-corrected chi connectivity index (χ0v) is 12.5. The number of methoxy groups -OCH3 is 1. The van der Waals surface area contributed by atoms with Crippen LogP contribution in [0.3, 0.4) is 0 Å². The van der Waals surface area contributed by atoms with Crippen LogP contribution in [-0.4, -0.2) is 48.8 Å². The highest BCUT2D eigenvalue weighted by molar-refractivity contribution is 5.92. The van der Waals surface area contributed by atoms with Crippen LogP contribution in [-0.2, 0) is 4.79 Å². The number of ether oxygens (including phenoxy) is 1. The molecule has 0 saturated carbocycles. The van der Waals surface area contributed by atoms with Gasteiger partial charge in [-0.2, -0.15) is 0 Å². The molecule has 0 radical (unpaired) electrons. The van der Waals surface area contributed by atoms with Crippen molar-refractivity contribution in [3.63, 3.8) is 0 Å². The third kappa shape index (κ3) is 4.72. The summed E-state index contributed by atoms with van der Waals surface area (Å²) in [6, 6.07) is 7.42. The minimum absolute atomic E-state index is 0.0522. The fourth-order valence-corrected chi connectivity index (χ4v) is 2.74. The molecule has 1 atom stereocenters. The first-order chi connectivity index (χ1) is 10.2. The summed E-state index contributed by atoms with van der Waals surface area (Å²) < 4.78 is 5.14. The van der Waals surface area contributed by atoms with E-state index in [4.69, 9.17) is 4.74 Å². The number of benzene rings is 1. The van der Waals surface area contributed by atoms with Gasteiger partial charge in [-0.25, -0.2) is 0 Å². The monoisotopic (exact) mass is 292 g/mol. The lowest BCUT2D eigenvalue weighted by atomic mass is 10.1. The summed E-state index contributed by atoms with van der Waals surface area (Å²) in [6.45, 7) is 1.31. The molecule has 2 rings (SSSR count). The molecule has 0 aromatic heterocycles. The molecule has 0 aliphatic carbocycles. The summed E-state index contributed by atoms with van der Waals surface area (Å²) in [5.41, 5.74) is 0.731. The van der Waals surface area contributed by atoms with Crippen molar-refractivity contribution in [3.05, 3.63) is 24.3 Å². The molecule has 1 unspecified atom stereocenters. The molecule has 1 aliphatic heterocycles. The van der Waals surface area contributed by atoms with Crippen molar-refractivity contribution in [3.8, 4) is 5.75 Å². The van der Waals surface area contributed by atoms with Crippen LogP contribution in [0, 0.1) is 0 Å². The van der Waals surface area contributed by atoms with Crippen molar-refractivity contribution >= 4 is 11.6 Å². The van der Waals surface area contributed by atoms with E-state index in [2.05, 4.69) is 10.2 Å². The van der Waals surface area contributed by atoms with Crippen LogP contribution >= 0.6 is 0 Å². The standard InChI is InChI=1S/C16H24N2O3/c1-21-15-8-5-6-13(10-15)17-16(20)11-18-9-4-2-3-7-14(18)12-19/h5-6,8,10,14,19H,2-4,7,9,11-12H2,1H3,(H,17,20). The van der Waals surface area contributed by atoms with Gasteiger partial charge in [-0.1, -0.05) is 18.9 Å². The first kappa shape index (κ1) is 15.8. The normalized spacial score (nSPS) is 19.8. The van der Waals surface area contributed by atoms with E-state index in [0.29, 0.717) is 6.54 Å².